The maximum Gasteiger partial charge on any atom is 0.308 e. The van der Waals surface area contributed by atoms with Gasteiger partial charge in [0.05, 0.1) is 19.1 Å². The van der Waals surface area contributed by atoms with Crippen molar-refractivity contribution in [2.45, 2.75) is 13.3 Å². The van der Waals surface area contributed by atoms with E-state index in [0.717, 1.165) is 11.3 Å². The summed E-state index contributed by atoms with van der Waals surface area (Å²) in [6.45, 7) is 1.86. The van der Waals surface area contributed by atoms with Crippen molar-refractivity contribution < 1.29 is 14.6 Å². The molecule has 0 unspecified atom stereocenters. The Bertz CT molecular complexity index is 752. The predicted molar refractivity (Wildman–Crippen MR) is 77.3 cm³/mol. The fourth-order valence-electron chi connectivity index (χ4n) is 2.00. The molecule has 1 aromatic heterocycles. The summed E-state index contributed by atoms with van der Waals surface area (Å²) in [5, 5.41) is 8.75. The molecule has 0 saturated heterocycles. The molecule has 1 heterocycles. The highest BCUT2D eigenvalue weighted by Gasteiger charge is 2.13. The van der Waals surface area contributed by atoms with Crippen molar-refractivity contribution in [2.75, 3.05) is 12.8 Å². The molecule has 1 aromatic carbocycles. The Balaban J connectivity index is 2.49. The third kappa shape index (κ3) is 3.02. The molecule has 0 radical (unpaired) electrons. The summed E-state index contributed by atoms with van der Waals surface area (Å²) < 4.78 is 5.16. The van der Waals surface area contributed by atoms with E-state index < -0.39 is 17.9 Å². The van der Waals surface area contributed by atoms with Crippen LogP contribution in [-0.2, 0) is 11.2 Å². The molecule has 7 heteroatoms. The van der Waals surface area contributed by atoms with Gasteiger partial charge in [-0.1, -0.05) is 0 Å². The number of aryl methyl sites for hydroxylation is 1. The zero-order valence-electron chi connectivity index (χ0n) is 11.6. The Labute approximate surface area is 120 Å². The maximum absolute atomic E-state index is 11.9. The number of nitrogens with two attached hydrogens (primary N) is 1. The molecule has 0 aliphatic carbocycles. The monoisotopic (exact) mass is 289 g/mol. The van der Waals surface area contributed by atoms with E-state index in [4.69, 9.17) is 15.6 Å². The van der Waals surface area contributed by atoms with Crippen molar-refractivity contribution in [3.8, 4) is 17.1 Å². The van der Waals surface area contributed by atoms with E-state index in [9.17, 15) is 9.59 Å². The van der Waals surface area contributed by atoms with Crippen molar-refractivity contribution in [2.24, 2.45) is 0 Å². The number of hydrogen-bond acceptors (Lipinski definition) is 5. The summed E-state index contributed by atoms with van der Waals surface area (Å²) in [6.07, 6.45) is -0.462. The highest BCUT2D eigenvalue weighted by atomic mass is 16.5. The molecular formula is C14H15N3O4. The Morgan fingerprint density at radius 1 is 1.48 bits per heavy atom. The molecule has 7 nitrogen and oxygen atoms in total. The molecule has 0 spiro atoms. The number of rotatable bonds is 4. The number of nitrogens with one attached hydrogen (secondary N) is 1. The van der Waals surface area contributed by atoms with Crippen molar-refractivity contribution >= 4 is 11.8 Å². The van der Waals surface area contributed by atoms with Crippen molar-refractivity contribution in [1.29, 1.82) is 0 Å². The second-order valence-corrected chi connectivity index (χ2v) is 4.53. The van der Waals surface area contributed by atoms with Crippen molar-refractivity contribution in [1.82, 2.24) is 9.97 Å². The fraction of sp³-hybridized carbons (Fsp3) is 0.214. The number of aliphatic carboxylic acids is 1. The minimum Gasteiger partial charge on any atom is -0.496 e. The van der Waals surface area contributed by atoms with Gasteiger partial charge in [-0.3, -0.25) is 9.59 Å². The Hall–Kier alpha value is -2.83. The van der Waals surface area contributed by atoms with Gasteiger partial charge >= 0.3 is 5.97 Å². The normalized spacial score (nSPS) is 10.4. The van der Waals surface area contributed by atoms with Gasteiger partial charge < -0.3 is 20.6 Å². The number of aromatic nitrogens is 2. The number of ether oxygens (including phenoxy) is 1. The van der Waals surface area contributed by atoms with Gasteiger partial charge in [0.15, 0.2) is 0 Å². The minimum atomic E-state index is -1.14. The number of carbonyl (C=O) groups is 1. The van der Waals surface area contributed by atoms with Gasteiger partial charge in [-0.15, -0.1) is 0 Å². The zero-order valence-corrected chi connectivity index (χ0v) is 11.6. The number of aromatic amines is 1. The molecule has 2 aromatic rings. The van der Waals surface area contributed by atoms with E-state index in [0.29, 0.717) is 5.56 Å². The topological polar surface area (TPSA) is 118 Å². The van der Waals surface area contributed by atoms with Gasteiger partial charge in [0, 0.05) is 5.56 Å². The van der Waals surface area contributed by atoms with Crippen LogP contribution in [0.1, 0.15) is 11.1 Å². The van der Waals surface area contributed by atoms with Crippen LogP contribution in [0.4, 0.5) is 5.82 Å². The van der Waals surface area contributed by atoms with Gasteiger partial charge in [0.25, 0.3) is 5.56 Å². The fourth-order valence-corrected chi connectivity index (χ4v) is 2.00. The van der Waals surface area contributed by atoms with Crippen LogP contribution in [0, 0.1) is 6.92 Å². The largest absolute Gasteiger partial charge is 0.496 e. The molecule has 0 atom stereocenters. The van der Waals surface area contributed by atoms with Gasteiger partial charge in [0.1, 0.15) is 17.4 Å². The van der Waals surface area contributed by atoms with Crippen LogP contribution in [0.25, 0.3) is 11.4 Å². The third-order valence-electron chi connectivity index (χ3n) is 3.04. The predicted octanol–water partition coefficient (Wildman–Crippen LogP) is 0.963. The van der Waals surface area contributed by atoms with E-state index >= 15 is 0 Å². The highest BCUT2D eigenvalue weighted by Crippen LogP contribution is 2.24. The van der Waals surface area contributed by atoms with Gasteiger partial charge in [-0.2, -0.15) is 0 Å². The molecular weight excluding hydrogens is 274 g/mol. The van der Waals surface area contributed by atoms with Crippen LogP contribution in [0.15, 0.2) is 23.0 Å². The summed E-state index contributed by atoms with van der Waals surface area (Å²) >= 11 is 0. The second kappa shape index (κ2) is 5.66. The molecule has 0 fully saturated rings. The van der Waals surface area contributed by atoms with Crippen LogP contribution in [0.2, 0.25) is 0 Å². The Kier molecular flexibility index (Phi) is 3.93. The number of carboxylic acids is 1. The molecule has 0 aliphatic rings. The summed E-state index contributed by atoms with van der Waals surface area (Å²) in [5.74, 6) is -0.208. The lowest BCUT2D eigenvalue weighted by Gasteiger charge is -2.08. The van der Waals surface area contributed by atoms with E-state index in [1.165, 1.54) is 0 Å². The zero-order chi connectivity index (χ0) is 15.6. The van der Waals surface area contributed by atoms with Crippen LogP contribution in [0.5, 0.6) is 5.75 Å². The number of benzene rings is 1. The van der Waals surface area contributed by atoms with E-state index in [1.54, 1.807) is 25.3 Å². The third-order valence-corrected chi connectivity index (χ3v) is 3.04. The van der Waals surface area contributed by atoms with Crippen LogP contribution >= 0.6 is 0 Å². The Morgan fingerprint density at radius 2 is 2.19 bits per heavy atom. The molecule has 0 amide bonds. The lowest BCUT2D eigenvalue weighted by molar-refractivity contribution is -0.136. The molecule has 110 valence electrons. The van der Waals surface area contributed by atoms with E-state index in [1.807, 2.05) is 6.92 Å². The average Bonchev–Trinajstić information content (AvgIpc) is 2.42. The van der Waals surface area contributed by atoms with Gasteiger partial charge in [-0.25, -0.2) is 4.98 Å². The smallest absolute Gasteiger partial charge is 0.308 e. The SMILES string of the molecule is COc1ccc(-c2nc(N)c(CC(=O)O)c(=O)[nH]2)cc1C. The van der Waals surface area contributed by atoms with Crippen LogP contribution < -0.4 is 16.0 Å². The quantitative estimate of drug-likeness (QED) is 0.771. The maximum atomic E-state index is 11.9. The van der Waals surface area contributed by atoms with Crippen molar-refractivity contribution in [3.05, 3.63) is 39.7 Å². The number of carboxylic acid groups (broad SMARTS) is 1. The molecule has 2 rings (SSSR count). The van der Waals surface area contributed by atoms with E-state index in [-0.39, 0.29) is 17.2 Å². The summed E-state index contributed by atoms with van der Waals surface area (Å²) in [4.78, 5) is 29.2. The number of anilines is 1. The molecule has 0 aliphatic heterocycles. The lowest BCUT2D eigenvalue weighted by Crippen LogP contribution is -2.21. The number of nitrogen functional groups attached to an aromatic ring is 1. The minimum absolute atomic E-state index is 0.0449. The molecule has 0 saturated carbocycles. The number of H-pyrrole nitrogens is 1. The first-order valence-corrected chi connectivity index (χ1v) is 6.18. The number of nitrogens with zero attached hydrogens (tertiary/aromatic N) is 1. The number of hydrogen-bond donors (Lipinski definition) is 3. The Morgan fingerprint density at radius 3 is 2.71 bits per heavy atom. The van der Waals surface area contributed by atoms with E-state index in [2.05, 4.69) is 9.97 Å². The van der Waals surface area contributed by atoms with Gasteiger partial charge in [-0.05, 0) is 30.7 Å². The average molecular weight is 289 g/mol. The van der Waals surface area contributed by atoms with Crippen molar-refractivity contribution in [3.63, 3.8) is 0 Å². The molecule has 21 heavy (non-hydrogen) atoms. The van der Waals surface area contributed by atoms with Crippen LogP contribution in [0.3, 0.4) is 0 Å². The second-order valence-electron chi connectivity index (χ2n) is 4.53. The first-order chi connectivity index (χ1) is 9.92. The molecule has 4 N–H and O–H groups in total. The van der Waals surface area contributed by atoms with Gasteiger partial charge in [0.2, 0.25) is 0 Å². The number of methoxy groups -OCH3 is 1. The lowest BCUT2D eigenvalue weighted by atomic mass is 10.1. The van der Waals surface area contributed by atoms with Crippen LogP contribution in [-0.4, -0.2) is 28.2 Å². The first kappa shape index (κ1) is 14.6. The highest BCUT2D eigenvalue weighted by molar-refractivity contribution is 5.72. The summed E-state index contributed by atoms with van der Waals surface area (Å²) in [6, 6.07) is 5.29. The standard InChI is InChI=1S/C14H15N3O4/c1-7-5-8(3-4-10(7)21-2)13-16-12(15)9(6-11(18)19)14(20)17-13/h3-5H,6H2,1-2H3,(H,18,19)(H3,15,16,17,20). The molecule has 0 bridgehead atoms. The summed E-state index contributed by atoms with van der Waals surface area (Å²) in [7, 11) is 1.57. The first-order valence-electron chi connectivity index (χ1n) is 6.18. The summed E-state index contributed by atoms with van der Waals surface area (Å²) in [5.41, 5.74) is 6.64.